The number of aromatic nitrogens is 2. The molecule has 1 atom stereocenters. The Morgan fingerprint density at radius 1 is 1.04 bits per heavy atom. The summed E-state index contributed by atoms with van der Waals surface area (Å²) in [6, 6.07) is 10.6. The lowest BCUT2D eigenvalue weighted by atomic mass is 9.99. The van der Waals surface area contributed by atoms with Crippen LogP contribution in [0.1, 0.15) is 48.6 Å². The first-order valence-corrected chi connectivity index (χ1v) is 8.97. The molecule has 1 aromatic heterocycles. The fourth-order valence-corrected chi connectivity index (χ4v) is 4.10. The number of rotatable bonds is 3. The van der Waals surface area contributed by atoms with E-state index < -0.39 is 0 Å². The minimum atomic E-state index is 0.770. The Bertz CT molecular complexity index is 681. The third-order valence-corrected chi connectivity index (χ3v) is 5.27. The zero-order valence-corrected chi connectivity index (χ0v) is 14.0. The van der Waals surface area contributed by atoms with Crippen molar-refractivity contribution in [1.82, 2.24) is 10.2 Å². The molecule has 2 aliphatic rings. The second-order valence-corrected chi connectivity index (χ2v) is 7.14. The van der Waals surface area contributed by atoms with Crippen LogP contribution >= 0.6 is 0 Å². The smallest absolute Gasteiger partial charge is 0.154 e. The second kappa shape index (κ2) is 6.31. The van der Waals surface area contributed by atoms with Crippen molar-refractivity contribution in [1.29, 1.82) is 0 Å². The first-order valence-electron chi connectivity index (χ1n) is 8.97. The van der Waals surface area contributed by atoms with Crippen LogP contribution in [0.5, 0.6) is 0 Å². The van der Waals surface area contributed by atoms with Gasteiger partial charge in [0.2, 0.25) is 0 Å². The van der Waals surface area contributed by atoms with E-state index in [1.165, 1.54) is 60.3 Å². The van der Waals surface area contributed by atoms with E-state index in [2.05, 4.69) is 52.4 Å². The normalized spacial score (nSPS) is 20.6. The van der Waals surface area contributed by atoms with Crippen molar-refractivity contribution < 1.29 is 0 Å². The van der Waals surface area contributed by atoms with Crippen molar-refractivity contribution in [2.45, 2.75) is 45.4 Å². The van der Waals surface area contributed by atoms with Gasteiger partial charge in [-0.2, -0.15) is 5.10 Å². The van der Waals surface area contributed by atoms with E-state index in [0.717, 1.165) is 25.4 Å². The Morgan fingerprint density at radius 3 is 2.70 bits per heavy atom. The van der Waals surface area contributed by atoms with Gasteiger partial charge in [-0.15, -0.1) is 5.10 Å². The maximum atomic E-state index is 4.68. The van der Waals surface area contributed by atoms with Gasteiger partial charge < -0.3 is 4.90 Å². The molecule has 2 heterocycles. The average Bonchev–Trinajstić information content (AvgIpc) is 3.06. The number of fused-ring (bicyclic) bond motifs is 1. The molecule has 0 unspecified atom stereocenters. The highest BCUT2D eigenvalue weighted by Crippen LogP contribution is 2.33. The first kappa shape index (κ1) is 14.7. The molecule has 1 aliphatic heterocycles. The van der Waals surface area contributed by atoms with Crippen LogP contribution in [-0.4, -0.2) is 23.3 Å². The molecule has 0 saturated carbocycles. The molecule has 1 aliphatic carbocycles. The molecule has 0 amide bonds. The summed E-state index contributed by atoms with van der Waals surface area (Å²) >= 11 is 0. The van der Waals surface area contributed by atoms with Crippen LogP contribution < -0.4 is 4.90 Å². The number of nitrogens with zero attached hydrogens (tertiary/aromatic N) is 3. The molecular weight excluding hydrogens is 282 g/mol. The van der Waals surface area contributed by atoms with Gasteiger partial charge in [-0.1, -0.05) is 37.3 Å². The minimum Gasteiger partial charge on any atom is -0.355 e. The number of piperidine rings is 1. The predicted molar refractivity (Wildman–Crippen MR) is 93.9 cm³/mol. The molecule has 1 saturated heterocycles. The molecule has 0 bridgehead atoms. The molecule has 0 radical (unpaired) electrons. The van der Waals surface area contributed by atoms with Crippen LogP contribution in [0.2, 0.25) is 0 Å². The Kier molecular flexibility index (Phi) is 4.02. The molecule has 3 heteroatoms. The lowest BCUT2D eigenvalue weighted by molar-refractivity contribution is 0.443. The van der Waals surface area contributed by atoms with Gasteiger partial charge in [0.25, 0.3) is 0 Å². The standard InChI is InChI=1S/C20H25N3/c1-15-7-6-12-23(14-15)20-18-11-5-10-17(18)19(21-22-20)13-16-8-3-2-4-9-16/h2-4,8-9,15H,5-7,10-14H2,1H3/t15-/m0/s1. The second-order valence-electron chi connectivity index (χ2n) is 7.14. The van der Waals surface area contributed by atoms with Crippen LogP contribution in [0.25, 0.3) is 0 Å². The summed E-state index contributed by atoms with van der Waals surface area (Å²) in [5.74, 6) is 1.95. The lowest BCUT2D eigenvalue weighted by Crippen LogP contribution is -2.35. The molecule has 0 N–H and O–H groups in total. The fourth-order valence-electron chi connectivity index (χ4n) is 4.10. The van der Waals surface area contributed by atoms with Crippen molar-refractivity contribution in [3.63, 3.8) is 0 Å². The summed E-state index contributed by atoms with van der Waals surface area (Å²) in [4.78, 5) is 2.48. The SMILES string of the molecule is C[C@H]1CCCN(c2nnc(Cc3ccccc3)c3c2CCC3)C1. The number of anilines is 1. The third kappa shape index (κ3) is 2.97. The Balaban J connectivity index is 1.65. The molecule has 1 aromatic carbocycles. The lowest BCUT2D eigenvalue weighted by Gasteiger charge is -2.32. The predicted octanol–water partition coefficient (Wildman–Crippen LogP) is 3.79. The monoisotopic (exact) mass is 307 g/mol. The zero-order valence-electron chi connectivity index (χ0n) is 14.0. The van der Waals surface area contributed by atoms with Gasteiger partial charge in [0.1, 0.15) is 0 Å². The number of hydrogen-bond acceptors (Lipinski definition) is 3. The van der Waals surface area contributed by atoms with E-state index in [1.807, 2.05) is 0 Å². The molecule has 2 aromatic rings. The Morgan fingerprint density at radius 2 is 1.87 bits per heavy atom. The highest BCUT2D eigenvalue weighted by molar-refractivity contribution is 5.54. The van der Waals surface area contributed by atoms with Crippen LogP contribution in [0.15, 0.2) is 30.3 Å². The van der Waals surface area contributed by atoms with Crippen LogP contribution in [0, 0.1) is 5.92 Å². The summed E-state index contributed by atoms with van der Waals surface area (Å²) in [7, 11) is 0. The Hall–Kier alpha value is -1.90. The van der Waals surface area contributed by atoms with Crippen LogP contribution in [0.4, 0.5) is 5.82 Å². The van der Waals surface area contributed by atoms with Crippen LogP contribution in [-0.2, 0) is 19.3 Å². The molecule has 4 rings (SSSR count). The van der Waals surface area contributed by atoms with Crippen molar-refractivity contribution in [3.05, 3.63) is 52.7 Å². The zero-order chi connectivity index (χ0) is 15.6. The third-order valence-electron chi connectivity index (χ3n) is 5.27. The van der Waals surface area contributed by atoms with E-state index in [1.54, 1.807) is 0 Å². The number of hydrogen-bond donors (Lipinski definition) is 0. The highest BCUT2D eigenvalue weighted by Gasteiger charge is 2.26. The van der Waals surface area contributed by atoms with Crippen molar-refractivity contribution in [2.75, 3.05) is 18.0 Å². The van der Waals surface area contributed by atoms with Crippen LogP contribution in [0.3, 0.4) is 0 Å². The molecular formula is C20H25N3. The fraction of sp³-hybridized carbons (Fsp3) is 0.500. The Labute approximate surface area is 138 Å². The largest absolute Gasteiger partial charge is 0.355 e. The quantitative estimate of drug-likeness (QED) is 0.864. The van der Waals surface area contributed by atoms with E-state index in [4.69, 9.17) is 0 Å². The summed E-state index contributed by atoms with van der Waals surface area (Å²) in [6.45, 7) is 4.63. The van der Waals surface area contributed by atoms with E-state index in [-0.39, 0.29) is 0 Å². The van der Waals surface area contributed by atoms with Gasteiger partial charge in [-0.25, -0.2) is 0 Å². The summed E-state index contributed by atoms with van der Waals surface area (Å²) in [5.41, 5.74) is 5.49. The van der Waals surface area contributed by atoms with Gasteiger partial charge in [-0.3, -0.25) is 0 Å². The van der Waals surface area contributed by atoms with Gasteiger partial charge in [0.05, 0.1) is 5.69 Å². The maximum absolute atomic E-state index is 4.68. The molecule has 3 nitrogen and oxygen atoms in total. The van der Waals surface area contributed by atoms with Gasteiger partial charge in [-0.05, 0) is 49.1 Å². The molecule has 23 heavy (non-hydrogen) atoms. The highest BCUT2D eigenvalue weighted by atomic mass is 15.3. The van der Waals surface area contributed by atoms with Gasteiger partial charge >= 0.3 is 0 Å². The average molecular weight is 307 g/mol. The topological polar surface area (TPSA) is 29.0 Å². The van der Waals surface area contributed by atoms with Crippen molar-refractivity contribution in [3.8, 4) is 0 Å². The summed E-state index contributed by atoms with van der Waals surface area (Å²) in [5, 5.41) is 9.33. The number of benzene rings is 1. The molecule has 1 fully saturated rings. The van der Waals surface area contributed by atoms with E-state index in [9.17, 15) is 0 Å². The summed E-state index contributed by atoms with van der Waals surface area (Å²) < 4.78 is 0. The summed E-state index contributed by atoms with van der Waals surface area (Å²) in [6.07, 6.45) is 7.13. The van der Waals surface area contributed by atoms with Gasteiger partial charge in [0, 0.05) is 25.1 Å². The molecule has 0 spiro atoms. The maximum Gasteiger partial charge on any atom is 0.154 e. The van der Waals surface area contributed by atoms with E-state index in [0.29, 0.717) is 0 Å². The minimum absolute atomic E-state index is 0.770. The van der Waals surface area contributed by atoms with Gasteiger partial charge in [0.15, 0.2) is 5.82 Å². The van der Waals surface area contributed by atoms with E-state index >= 15 is 0 Å². The molecule has 120 valence electrons. The van der Waals surface area contributed by atoms with Crippen molar-refractivity contribution >= 4 is 5.82 Å². The van der Waals surface area contributed by atoms with Crippen molar-refractivity contribution in [2.24, 2.45) is 5.92 Å². The first-order chi connectivity index (χ1) is 11.3.